The summed E-state index contributed by atoms with van der Waals surface area (Å²) in [5.41, 5.74) is 9.66. The number of aryl methyl sites for hydroxylation is 1. The van der Waals surface area contributed by atoms with Crippen molar-refractivity contribution in [1.29, 1.82) is 0 Å². The van der Waals surface area contributed by atoms with E-state index < -0.39 is 0 Å². The SMILES string of the molecule is COCc1cc(C)nc2sc(-c3nnc(-c4ccc(Cl)cc4)o3)c(N)c12. The summed E-state index contributed by atoms with van der Waals surface area (Å²) in [5.74, 6) is 0.784. The van der Waals surface area contributed by atoms with Crippen LogP contribution in [0.25, 0.3) is 32.4 Å². The molecule has 0 atom stereocenters. The number of benzene rings is 1. The van der Waals surface area contributed by atoms with E-state index in [1.807, 2.05) is 25.1 Å². The third-order valence-corrected chi connectivity index (χ3v) is 5.26. The van der Waals surface area contributed by atoms with Crippen molar-refractivity contribution in [3.05, 3.63) is 46.6 Å². The second-order valence-electron chi connectivity index (χ2n) is 5.80. The monoisotopic (exact) mass is 386 g/mol. The third kappa shape index (κ3) is 2.94. The van der Waals surface area contributed by atoms with Gasteiger partial charge in [0.1, 0.15) is 9.71 Å². The molecule has 4 rings (SSSR count). The van der Waals surface area contributed by atoms with Crippen LogP contribution in [0.2, 0.25) is 5.02 Å². The molecule has 0 amide bonds. The number of nitrogens with two attached hydrogens (primary N) is 1. The van der Waals surface area contributed by atoms with Gasteiger partial charge in [-0.2, -0.15) is 0 Å². The molecule has 0 saturated carbocycles. The minimum atomic E-state index is 0.372. The lowest BCUT2D eigenvalue weighted by atomic mass is 10.1. The Bertz CT molecular complexity index is 1090. The van der Waals surface area contributed by atoms with Crippen molar-refractivity contribution in [1.82, 2.24) is 15.2 Å². The van der Waals surface area contributed by atoms with Crippen LogP contribution >= 0.6 is 22.9 Å². The predicted molar refractivity (Wildman–Crippen MR) is 103 cm³/mol. The van der Waals surface area contributed by atoms with Gasteiger partial charge in [0.2, 0.25) is 5.89 Å². The number of hydrogen-bond acceptors (Lipinski definition) is 7. The third-order valence-electron chi connectivity index (χ3n) is 3.92. The number of rotatable bonds is 4. The van der Waals surface area contributed by atoms with Crippen LogP contribution in [0.4, 0.5) is 5.69 Å². The minimum Gasteiger partial charge on any atom is -0.415 e. The number of aromatic nitrogens is 3. The molecular weight excluding hydrogens is 372 g/mol. The standard InChI is InChI=1S/C18H15ClN4O2S/c1-9-7-11(8-24-2)13-14(20)15(26-18(13)21-9)17-23-22-16(25-17)10-3-5-12(19)6-4-10/h3-7H,8,20H2,1-2H3. The van der Waals surface area contributed by atoms with Crippen molar-refractivity contribution < 1.29 is 9.15 Å². The van der Waals surface area contributed by atoms with Crippen molar-refractivity contribution in [2.45, 2.75) is 13.5 Å². The van der Waals surface area contributed by atoms with Gasteiger partial charge in [-0.05, 0) is 42.8 Å². The summed E-state index contributed by atoms with van der Waals surface area (Å²) in [4.78, 5) is 6.12. The van der Waals surface area contributed by atoms with Gasteiger partial charge in [-0.1, -0.05) is 11.6 Å². The molecule has 0 radical (unpaired) electrons. The number of methoxy groups -OCH3 is 1. The van der Waals surface area contributed by atoms with E-state index in [2.05, 4.69) is 15.2 Å². The molecule has 0 unspecified atom stereocenters. The molecule has 132 valence electrons. The summed E-state index contributed by atoms with van der Waals surface area (Å²) >= 11 is 7.35. The molecule has 0 aliphatic heterocycles. The molecular formula is C18H15ClN4O2S. The first kappa shape index (κ1) is 17.0. The zero-order valence-electron chi connectivity index (χ0n) is 14.1. The van der Waals surface area contributed by atoms with Gasteiger partial charge in [-0.3, -0.25) is 0 Å². The van der Waals surface area contributed by atoms with Crippen LogP contribution in [0.5, 0.6) is 0 Å². The number of thiophene rings is 1. The molecule has 2 N–H and O–H groups in total. The molecule has 26 heavy (non-hydrogen) atoms. The summed E-state index contributed by atoms with van der Waals surface area (Å²) < 4.78 is 11.1. The summed E-state index contributed by atoms with van der Waals surface area (Å²) in [6.45, 7) is 2.40. The Morgan fingerprint density at radius 3 is 2.65 bits per heavy atom. The van der Waals surface area contributed by atoms with Gasteiger partial charge in [-0.15, -0.1) is 21.5 Å². The van der Waals surface area contributed by atoms with Gasteiger partial charge >= 0.3 is 0 Å². The number of ether oxygens (including phenoxy) is 1. The number of pyridine rings is 1. The lowest BCUT2D eigenvalue weighted by Gasteiger charge is -2.04. The molecule has 0 saturated heterocycles. The molecule has 3 heterocycles. The summed E-state index contributed by atoms with van der Waals surface area (Å²) in [7, 11) is 1.65. The van der Waals surface area contributed by atoms with E-state index in [1.165, 1.54) is 11.3 Å². The molecule has 1 aromatic carbocycles. The number of nitrogens with zero attached hydrogens (tertiary/aromatic N) is 3. The molecule has 6 nitrogen and oxygen atoms in total. The largest absolute Gasteiger partial charge is 0.415 e. The number of nitrogen functional groups attached to an aromatic ring is 1. The Morgan fingerprint density at radius 1 is 1.19 bits per heavy atom. The van der Waals surface area contributed by atoms with Gasteiger partial charge in [0.05, 0.1) is 12.3 Å². The quantitative estimate of drug-likeness (QED) is 0.546. The lowest BCUT2D eigenvalue weighted by molar-refractivity contribution is 0.186. The lowest BCUT2D eigenvalue weighted by Crippen LogP contribution is -1.94. The second kappa shape index (κ2) is 6.68. The van der Waals surface area contributed by atoms with Crippen LogP contribution in [0.1, 0.15) is 11.3 Å². The van der Waals surface area contributed by atoms with E-state index in [-0.39, 0.29) is 0 Å². The van der Waals surface area contributed by atoms with Crippen molar-refractivity contribution >= 4 is 38.8 Å². The highest BCUT2D eigenvalue weighted by atomic mass is 35.5. The first-order chi connectivity index (χ1) is 12.6. The van der Waals surface area contributed by atoms with Crippen molar-refractivity contribution in [3.8, 4) is 22.2 Å². The van der Waals surface area contributed by atoms with E-state index in [0.717, 1.165) is 27.0 Å². The molecule has 4 aromatic rings. The molecule has 0 spiro atoms. The number of halogens is 1. The number of hydrogen-bond donors (Lipinski definition) is 1. The average molecular weight is 387 g/mol. The van der Waals surface area contributed by atoms with Gasteiger partial charge in [-0.25, -0.2) is 4.98 Å². The maximum atomic E-state index is 6.39. The Morgan fingerprint density at radius 2 is 1.92 bits per heavy atom. The summed E-state index contributed by atoms with van der Waals surface area (Å²) in [6, 6.07) is 9.19. The van der Waals surface area contributed by atoms with Crippen LogP contribution in [-0.2, 0) is 11.3 Å². The Labute approximate surface area is 158 Å². The first-order valence-corrected chi connectivity index (χ1v) is 9.03. The molecule has 0 aliphatic rings. The van der Waals surface area contributed by atoms with Gasteiger partial charge in [0.15, 0.2) is 0 Å². The second-order valence-corrected chi connectivity index (χ2v) is 7.24. The number of anilines is 1. The van der Waals surface area contributed by atoms with Crippen LogP contribution in [0.3, 0.4) is 0 Å². The van der Waals surface area contributed by atoms with E-state index >= 15 is 0 Å². The first-order valence-electron chi connectivity index (χ1n) is 7.84. The van der Waals surface area contributed by atoms with Gasteiger partial charge in [0.25, 0.3) is 5.89 Å². The molecule has 0 bridgehead atoms. The molecule has 0 aliphatic carbocycles. The zero-order chi connectivity index (χ0) is 18.3. The van der Waals surface area contributed by atoms with Crippen molar-refractivity contribution in [2.75, 3.05) is 12.8 Å². The predicted octanol–water partition coefficient (Wildman–Crippen LogP) is 4.70. The fourth-order valence-electron chi connectivity index (χ4n) is 2.79. The Hall–Kier alpha value is -2.48. The minimum absolute atomic E-state index is 0.372. The maximum absolute atomic E-state index is 6.39. The highest BCUT2D eigenvalue weighted by Gasteiger charge is 2.21. The normalized spacial score (nSPS) is 11.3. The van der Waals surface area contributed by atoms with Crippen LogP contribution in [-0.4, -0.2) is 22.3 Å². The molecule has 3 aromatic heterocycles. The van der Waals surface area contributed by atoms with Crippen LogP contribution < -0.4 is 5.73 Å². The van der Waals surface area contributed by atoms with E-state index in [1.54, 1.807) is 19.2 Å². The topological polar surface area (TPSA) is 87.1 Å². The van der Waals surface area contributed by atoms with Crippen LogP contribution in [0.15, 0.2) is 34.7 Å². The zero-order valence-corrected chi connectivity index (χ0v) is 15.7. The van der Waals surface area contributed by atoms with Gasteiger partial charge in [0, 0.05) is 28.8 Å². The van der Waals surface area contributed by atoms with Crippen molar-refractivity contribution in [2.24, 2.45) is 0 Å². The van der Waals surface area contributed by atoms with Crippen molar-refractivity contribution in [3.63, 3.8) is 0 Å². The Balaban J connectivity index is 1.81. The average Bonchev–Trinajstić information content (AvgIpc) is 3.21. The number of fused-ring (bicyclic) bond motifs is 1. The summed E-state index contributed by atoms with van der Waals surface area (Å²) in [6.07, 6.45) is 0. The van der Waals surface area contributed by atoms with E-state index in [0.29, 0.717) is 34.0 Å². The van der Waals surface area contributed by atoms with E-state index in [4.69, 9.17) is 26.5 Å². The fourth-order valence-corrected chi connectivity index (χ4v) is 4.02. The molecule has 8 heteroatoms. The summed E-state index contributed by atoms with van der Waals surface area (Å²) in [5, 5.41) is 9.81. The van der Waals surface area contributed by atoms with E-state index in [9.17, 15) is 0 Å². The highest BCUT2D eigenvalue weighted by Crippen LogP contribution is 2.41. The van der Waals surface area contributed by atoms with Gasteiger partial charge < -0.3 is 14.9 Å². The Kier molecular flexibility index (Phi) is 4.36. The fraction of sp³-hybridized carbons (Fsp3) is 0.167. The highest BCUT2D eigenvalue weighted by molar-refractivity contribution is 7.22. The van der Waals surface area contributed by atoms with Crippen LogP contribution in [0, 0.1) is 6.92 Å². The maximum Gasteiger partial charge on any atom is 0.260 e. The smallest absolute Gasteiger partial charge is 0.260 e. The molecule has 0 fully saturated rings.